The zero-order chi connectivity index (χ0) is 19.4. The molecule has 1 N–H and O–H groups in total. The third kappa shape index (κ3) is 4.72. The molecule has 7 heteroatoms. The van der Waals surface area contributed by atoms with E-state index in [1.165, 1.54) is 17.8 Å². The molecule has 0 unspecified atom stereocenters. The lowest BCUT2D eigenvalue weighted by Crippen LogP contribution is -2.29. The second kappa shape index (κ2) is 8.46. The van der Waals surface area contributed by atoms with Gasteiger partial charge in [0.25, 0.3) is 5.91 Å². The predicted octanol–water partition coefficient (Wildman–Crippen LogP) is 3.43. The molecule has 1 amide bonds. The van der Waals surface area contributed by atoms with Gasteiger partial charge in [0, 0.05) is 24.5 Å². The molecule has 0 aliphatic carbocycles. The van der Waals surface area contributed by atoms with Gasteiger partial charge in [-0.25, -0.2) is 13.1 Å². The number of benzene rings is 2. The molecule has 27 heavy (non-hydrogen) atoms. The van der Waals surface area contributed by atoms with Crippen molar-refractivity contribution in [2.24, 2.45) is 0 Å². The molecule has 3 rings (SSSR count). The Hall–Kier alpha value is -1.83. The van der Waals surface area contributed by atoms with E-state index in [0.717, 1.165) is 42.0 Å². The highest BCUT2D eigenvalue weighted by molar-refractivity contribution is 7.98. The number of sulfonamides is 1. The SMILES string of the molecule is CSc1ccc(S(=O)(=O)NCc2ccc(C)cc2)cc1C(=O)N1CCCC1. The number of nitrogens with zero attached hydrogens (tertiary/aromatic N) is 1. The molecule has 0 radical (unpaired) electrons. The van der Waals surface area contributed by atoms with E-state index < -0.39 is 10.0 Å². The van der Waals surface area contributed by atoms with Crippen LogP contribution in [-0.4, -0.2) is 38.6 Å². The highest BCUT2D eigenvalue weighted by atomic mass is 32.2. The smallest absolute Gasteiger partial charge is 0.255 e. The van der Waals surface area contributed by atoms with Gasteiger partial charge in [0.1, 0.15) is 0 Å². The number of rotatable bonds is 6. The van der Waals surface area contributed by atoms with Gasteiger partial charge >= 0.3 is 0 Å². The van der Waals surface area contributed by atoms with Crippen LogP contribution in [0.15, 0.2) is 52.3 Å². The maximum Gasteiger partial charge on any atom is 0.255 e. The number of hydrogen-bond acceptors (Lipinski definition) is 4. The van der Waals surface area contributed by atoms with E-state index >= 15 is 0 Å². The van der Waals surface area contributed by atoms with Gasteiger partial charge in [0.2, 0.25) is 10.0 Å². The first-order valence-corrected chi connectivity index (χ1v) is 11.6. The first-order valence-electron chi connectivity index (χ1n) is 8.93. The fraction of sp³-hybridized carbons (Fsp3) is 0.350. The van der Waals surface area contributed by atoms with Crippen LogP contribution in [0.3, 0.4) is 0 Å². The summed E-state index contributed by atoms with van der Waals surface area (Å²) in [5, 5.41) is 0. The quantitative estimate of drug-likeness (QED) is 0.749. The van der Waals surface area contributed by atoms with Crippen molar-refractivity contribution in [3.05, 3.63) is 59.2 Å². The fourth-order valence-electron chi connectivity index (χ4n) is 3.08. The first kappa shape index (κ1) is 19.9. The summed E-state index contributed by atoms with van der Waals surface area (Å²) >= 11 is 1.45. The van der Waals surface area contributed by atoms with Crippen molar-refractivity contribution in [3.63, 3.8) is 0 Å². The molecule has 1 fully saturated rings. The van der Waals surface area contributed by atoms with Crippen LogP contribution < -0.4 is 4.72 Å². The van der Waals surface area contributed by atoms with Crippen molar-refractivity contribution in [2.75, 3.05) is 19.3 Å². The van der Waals surface area contributed by atoms with Crippen LogP contribution >= 0.6 is 11.8 Å². The minimum absolute atomic E-state index is 0.0903. The van der Waals surface area contributed by atoms with Gasteiger partial charge in [-0.05, 0) is 49.8 Å². The van der Waals surface area contributed by atoms with E-state index in [-0.39, 0.29) is 17.3 Å². The molecule has 5 nitrogen and oxygen atoms in total. The number of thioether (sulfide) groups is 1. The van der Waals surface area contributed by atoms with Gasteiger partial charge in [-0.15, -0.1) is 11.8 Å². The van der Waals surface area contributed by atoms with Gasteiger partial charge in [-0.2, -0.15) is 0 Å². The normalized spacial score (nSPS) is 14.5. The summed E-state index contributed by atoms with van der Waals surface area (Å²) in [4.78, 5) is 15.5. The van der Waals surface area contributed by atoms with Crippen LogP contribution in [0.25, 0.3) is 0 Å². The van der Waals surface area contributed by atoms with E-state index in [9.17, 15) is 13.2 Å². The lowest BCUT2D eigenvalue weighted by Gasteiger charge is -2.18. The number of carbonyl (C=O) groups is 1. The third-order valence-corrected chi connectivity index (χ3v) is 6.89. The summed E-state index contributed by atoms with van der Waals surface area (Å²) in [6.45, 7) is 3.66. The Kier molecular flexibility index (Phi) is 6.24. The minimum atomic E-state index is -3.70. The molecule has 0 atom stereocenters. The second-order valence-corrected chi connectivity index (χ2v) is 9.29. The van der Waals surface area contributed by atoms with E-state index in [2.05, 4.69) is 4.72 Å². The number of amides is 1. The van der Waals surface area contributed by atoms with Crippen molar-refractivity contribution >= 4 is 27.7 Å². The van der Waals surface area contributed by atoms with E-state index in [4.69, 9.17) is 0 Å². The average molecular weight is 405 g/mol. The molecule has 2 aromatic carbocycles. The van der Waals surface area contributed by atoms with Crippen LogP contribution in [0, 0.1) is 6.92 Å². The number of hydrogen-bond donors (Lipinski definition) is 1. The number of nitrogens with one attached hydrogen (secondary N) is 1. The topological polar surface area (TPSA) is 66.5 Å². The first-order chi connectivity index (χ1) is 12.9. The van der Waals surface area contributed by atoms with Crippen LogP contribution in [0.5, 0.6) is 0 Å². The van der Waals surface area contributed by atoms with Crippen LogP contribution in [0.2, 0.25) is 0 Å². The van der Waals surface area contributed by atoms with Crippen molar-refractivity contribution in [2.45, 2.75) is 36.1 Å². The molecule has 0 bridgehead atoms. The van der Waals surface area contributed by atoms with Crippen LogP contribution in [0.4, 0.5) is 0 Å². The Balaban J connectivity index is 1.83. The number of aryl methyl sites for hydroxylation is 1. The van der Waals surface area contributed by atoms with Gasteiger partial charge in [-0.3, -0.25) is 4.79 Å². The largest absolute Gasteiger partial charge is 0.339 e. The molecule has 1 aliphatic rings. The Labute approximate surface area is 165 Å². The summed E-state index contributed by atoms with van der Waals surface area (Å²) in [5.41, 5.74) is 2.47. The van der Waals surface area contributed by atoms with E-state index in [1.54, 1.807) is 17.0 Å². The highest BCUT2D eigenvalue weighted by Gasteiger charge is 2.24. The molecule has 2 aromatic rings. The number of carbonyl (C=O) groups excluding carboxylic acids is 1. The molecule has 0 saturated carbocycles. The summed E-state index contributed by atoms with van der Waals surface area (Å²) < 4.78 is 28.1. The fourth-order valence-corrected chi connectivity index (χ4v) is 4.69. The second-order valence-electron chi connectivity index (χ2n) is 6.67. The number of likely N-dealkylation sites (tertiary alicyclic amines) is 1. The van der Waals surface area contributed by atoms with Gasteiger partial charge in [0.15, 0.2) is 0 Å². The minimum Gasteiger partial charge on any atom is -0.339 e. The monoisotopic (exact) mass is 404 g/mol. The van der Waals surface area contributed by atoms with Crippen LogP contribution in [0.1, 0.15) is 34.3 Å². The molecular weight excluding hydrogens is 380 g/mol. The van der Waals surface area contributed by atoms with Gasteiger partial charge in [0.05, 0.1) is 10.5 Å². The lowest BCUT2D eigenvalue weighted by molar-refractivity contribution is 0.0789. The maximum atomic E-state index is 12.8. The van der Waals surface area contributed by atoms with Crippen LogP contribution in [-0.2, 0) is 16.6 Å². The van der Waals surface area contributed by atoms with Gasteiger partial charge in [-0.1, -0.05) is 29.8 Å². The van der Waals surface area contributed by atoms with E-state index in [1.807, 2.05) is 37.4 Å². The zero-order valence-electron chi connectivity index (χ0n) is 15.6. The van der Waals surface area contributed by atoms with Gasteiger partial charge < -0.3 is 4.90 Å². The third-order valence-electron chi connectivity index (χ3n) is 4.69. The van der Waals surface area contributed by atoms with Crippen molar-refractivity contribution in [3.8, 4) is 0 Å². The summed E-state index contributed by atoms with van der Waals surface area (Å²) in [7, 11) is -3.70. The molecule has 1 heterocycles. The Morgan fingerprint density at radius 3 is 2.41 bits per heavy atom. The molecule has 144 valence electrons. The lowest BCUT2D eigenvalue weighted by atomic mass is 10.2. The molecule has 1 saturated heterocycles. The highest BCUT2D eigenvalue weighted by Crippen LogP contribution is 2.26. The van der Waals surface area contributed by atoms with Crippen molar-refractivity contribution < 1.29 is 13.2 Å². The standard InChI is InChI=1S/C20H24N2O3S2/c1-15-5-7-16(8-6-15)14-21-27(24,25)17-9-10-19(26-2)18(13-17)20(23)22-11-3-4-12-22/h5-10,13,21H,3-4,11-12,14H2,1-2H3. The molecule has 0 spiro atoms. The molecule has 1 aliphatic heterocycles. The Morgan fingerprint density at radius 1 is 1.11 bits per heavy atom. The summed E-state index contributed by atoms with van der Waals surface area (Å²) in [6, 6.07) is 12.5. The van der Waals surface area contributed by atoms with E-state index in [0.29, 0.717) is 5.56 Å². The summed E-state index contributed by atoms with van der Waals surface area (Å²) in [6.07, 6.45) is 3.88. The summed E-state index contributed by atoms with van der Waals surface area (Å²) in [5.74, 6) is -0.0903. The Morgan fingerprint density at radius 2 is 1.78 bits per heavy atom. The maximum absolute atomic E-state index is 12.8. The average Bonchev–Trinajstić information content (AvgIpc) is 3.21. The molecular formula is C20H24N2O3S2. The van der Waals surface area contributed by atoms with Crippen molar-refractivity contribution in [1.29, 1.82) is 0 Å². The predicted molar refractivity (Wildman–Crippen MR) is 109 cm³/mol. The van der Waals surface area contributed by atoms with Crippen molar-refractivity contribution in [1.82, 2.24) is 9.62 Å². The Bertz CT molecular complexity index is 919. The zero-order valence-corrected chi connectivity index (χ0v) is 17.2. The molecule has 0 aromatic heterocycles.